The van der Waals surface area contributed by atoms with Crippen LogP contribution in [0.5, 0.6) is 0 Å². The van der Waals surface area contributed by atoms with Crippen molar-refractivity contribution in [3.63, 3.8) is 0 Å². The fourth-order valence-corrected chi connectivity index (χ4v) is 4.42. The van der Waals surface area contributed by atoms with E-state index in [1.165, 1.54) is 4.80 Å². The van der Waals surface area contributed by atoms with Gasteiger partial charge in [0.05, 0.1) is 53.3 Å². The second-order valence-electron chi connectivity index (χ2n) is 8.77. The molecule has 0 radical (unpaired) electrons. The third-order valence-corrected chi connectivity index (χ3v) is 6.03. The van der Waals surface area contributed by atoms with Gasteiger partial charge in [0.1, 0.15) is 0 Å². The molecule has 0 saturated carbocycles. The maximum Gasteiger partial charge on any atom is 1.00 e. The van der Waals surface area contributed by atoms with E-state index in [1.54, 1.807) is 35.4 Å². The Morgan fingerprint density at radius 3 is 2.44 bits per heavy atom. The number of carbonyl (C=O) groups is 1. The second-order valence-corrected chi connectivity index (χ2v) is 9.18. The number of carbonyl (C=O) groups excluding carboxylic acids is 1. The molecule has 5 rings (SSSR count). The smallest absolute Gasteiger partial charge is 0.358 e. The summed E-state index contributed by atoms with van der Waals surface area (Å²) in [6.07, 6.45) is 13.0. The molecule has 0 fully saturated rings. The van der Waals surface area contributed by atoms with Gasteiger partial charge in [-0.25, -0.2) is 14.5 Å². The molecule has 0 saturated heterocycles. The number of halogens is 1. The predicted octanol–water partition coefficient (Wildman–Crippen LogP) is 2.11. The van der Waals surface area contributed by atoms with E-state index in [9.17, 15) is 4.79 Å². The van der Waals surface area contributed by atoms with Gasteiger partial charge in [0.25, 0.3) is 0 Å². The summed E-state index contributed by atoms with van der Waals surface area (Å²) in [5.74, 6) is -0.0666. The van der Waals surface area contributed by atoms with Gasteiger partial charge in [-0.1, -0.05) is 37.6 Å². The monoisotopic (exact) mass is 626 g/mol. The van der Waals surface area contributed by atoms with Crippen LogP contribution in [0.25, 0.3) is 11.5 Å². The van der Waals surface area contributed by atoms with Gasteiger partial charge in [0.2, 0.25) is 5.91 Å². The molecule has 184 valence electrons. The number of allylic oxidation sites excluding steroid dienone is 2. The van der Waals surface area contributed by atoms with Crippen molar-refractivity contribution in [3.8, 4) is 5.82 Å². The van der Waals surface area contributed by atoms with Crippen LogP contribution in [0.15, 0.2) is 49.2 Å². The van der Waals surface area contributed by atoms with Crippen molar-refractivity contribution in [1.29, 1.82) is 0 Å². The molecule has 4 aromatic heterocycles. The molecule has 9 nitrogen and oxygen atoms in total. The number of nitrogens with zero attached hydrogens (tertiary/aromatic N) is 7. The fourth-order valence-electron chi connectivity index (χ4n) is 4.18. The van der Waals surface area contributed by atoms with Crippen molar-refractivity contribution in [2.45, 2.75) is 52.4 Å². The van der Waals surface area contributed by atoms with Crippen molar-refractivity contribution in [3.05, 3.63) is 78.5 Å². The zero-order valence-electron chi connectivity index (χ0n) is 21.8. The molecule has 1 atom stereocenters. The third-order valence-electron chi connectivity index (χ3n) is 5.76. The van der Waals surface area contributed by atoms with Crippen LogP contribution < -0.4 is 74.2 Å². The molecule has 1 N–H and O–H groups in total. The van der Waals surface area contributed by atoms with Gasteiger partial charge in [-0.05, 0) is 44.2 Å². The Hall–Kier alpha value is -1.54. The quantitative estimate of drug-likeness (QED) is 0.276. The van der Waals surface area contributed by atoms with Crippen molar-refractivity contribution < 1.29 is 73.7 Å². The van der Waals surface area contributed by atoms with Crippen LogP contribution in [0.3, 0.4) is 0 Å². The number of aryl methyl sites for hydroxylation is 1. The van der Waals surface area contributed by atoms with Crippen LogP contribution in [0, 0.1) is 14.4 Å². The first-order valence-corrected chi connectivity index (χ1v) is 11.4. The number of imidazole rings is 1. The van der Waals surface area contributed by atoms with Crippen LogP contribution in [0.2, 0.25) is 5.02 Å². The van der Waals surface area contributed by atoms with E-state index in [1.807, 2.05) is 39.1 Å². The summed E-state index contributed by atoms with van der Waals surface area (Å²) < 4.78 is 1.78. The molecular weight excluding hydrogens is 597 g/mol. The summed E-state index contributed by atoms with van der Waals surface area (Å²) >= 11 is 6.32. The molecule has 4 aromatic rings. The Labute approximate surface area is 275 Å². The maximum absolute atomic E-state index is 13.2. The van der Waals surface area contributed by atoms with E-state index in [4.69, 9.17) is 11.6 Å². The normalized spacial score (nSPS) is 15.4. The van der Waals surface area contributed by atoms with Gasteiger partial charge in [-0.2, -0.15) is 15.3 Å². The molecule has 1 aliphatic rings. The van der Waals surface area contributed by atoms with Gasteiger partial charge >= 0.3 is 68.9 Å². The van der Waals surface area contributed by atoms with E-state index in [0.717, 1.165) is 22.5 Å². The molecule has 0 bridgehead atoms. The Morgan fingerprint density at radius 1 is 1.17 bits per heavy atom. The molecule has 4 heterocycles. The first-order valence-electron chi connectivity index (χ1n) is 11.0. The van der Waals surface area contributed by atoms with Crippen molar-refractivity contribution in [2.75, 3.05) is 5.32 Å². The Kier molecular flexibility index (Phi) is 10.9. The zero-order chi connectivity index (χ0) is 24.5. The number of rotatable bonds is 3. The molecule has 36 heavy (non-hydrogen) atoms. The summed E-state index contributed by atoms with van der Waals surface area (Å²) in [6.45, 7) is 10.2. The molecule has 11 heteroatoms. The van der Waals surface area contributed by atoms with Gasteiger partial charge in [-0.3, -0.25) is 4.79 Å². The molecule has 0 aromatic carbocycles. The van der Waals surface area contributed by atoms with Gasteiger partial charge in [0.15, 0.2) is 11.5 Å². The Morgan fingerprint density at radius 2 is 1.83 bits per heavy atom. The minimum Gasteiger partial charge on any atom is -0.358 e. The molecule has 1 amide bonds. The fraction of sp³-hybridized carbons (Fsp3) is 0.320. The number of aromatic nitrogens is 7. The summed E-state index contributed by atoms with van der Waals surface area (Å²) in [5.41, 5.74) is 4.00. The van der Waals surface area contributed by atoms with E-state index in [2.05, 4.69) is 44.4 Å². The largest absolute Gasteiger partial charge is 1.00 e. The number of fused-ring (bicyclic) bond motifs is 3. The molecule has 1 aliphatic carbocycles. The van der Waals surface area contributed by atoms with Crippen molar-refractivity contribution >= 4 is 28.8 Å². The van der Waals surface area contributed by atoms with Crippen LogP contribution >= 0.6 is 11.6 Å². The molecule has 0 spiro atoms. The van der Waals surface area contributed by atoms with Gasteiger partial charge in [0, 0.05) is 5.56 Å². The summed E-state index contributed by atoms with van der Waals surface area (Å²) in [5, 5.41) is 15.8. The average Bonchev–Trinajstić information content (AvgIpc) is 3.51. The van der Waals surface area contributed by atoms with Gasteiger partial charge in [-0.15, -0.1) is 4.80 Å². The second kappa shape index (κ2) is 12.8. The summed E-state index contributed by atoms with van der Waals surface area (Å²) in [7, 11) is 0. The summed E-state index contributed by atoms with van der Waals surface area (Å²) in [4.78, 5) is 23.4. The number of hydrogen-bond donors (Lipinski definition) is 1. The number of amides is 1. The first kappa shape index (κ1) is 30.7. The Balaban J connectivity index is 0.000000710. The SMILES string of the molecule is C/C=C/C.Cc1cn2ncc3c(c2n1)C(C)(C)CC3C(=O)Nc1cnc(-n2nccn2)c(Cl)c1.[CH3-].[Cs+]. The van der Waals surface area contributed by atoms with Crippen LogP contribution in [-0.2, 0) is 10.2 Å². The van der Waals surface area contributed by atoms with Crippen molar-refractivity contribution in [1.82, 2.24) is 34.6 Å². The minimum atomic E-state index is -0.337. The first-order chi connectivity index (χ1) is 16.2. The third kappa shape index (κ3) is 6.29. The van der Waals surface area contributed by atoms with E-state index < -0.39 is 0 Å². The predicted molar refractivity (Wildman–Crippen MR) is 138 cm³/mol. The van der Waals surface area contributed by atoms with Crippen LogP contribution in [0.4, 0.5) is 5.69 Å². The van der Waals surface area contributed by atoms with E-state index in [-0.39, 0.29) is 93.6 Å². The van der Waals surface area contributed by atoms with E-state index in [0.29, 0.717) is 22.9 Å². The number of anilines is 1. The zero-order valence-corrected chi connectivity index (χ0v) is 28.9. The van der Waals surface area contributed by atoms with Gasteiger partial charge < -0.3 is 12.7 Å². The standard InChI is InChI=1S/C20H19ClN8O.C4H8.CH3.Cs/c1-11-10-28-18(26-11)16-14(9-25-28)13(7-20(16,2)3)19(30)27-12-6-15(21)17(22-8-12)29-23-4-5-24-29;1-3-4-2;;/h4-6,8-10,13H,7H2,1-3H3,(H,27,30);3-4H,1-2H3;1H3;/q;;-1;+1/b;4-3+;;. The topological polar surface area (TPSA) is 103 Å². The Bertz CT molecular complexity index is 1360. The average molecular weight is 627 g/mol. The van der Waals surface area contributed by atoms with Crippen molar-refractivity contribution in [2.24, 2.45) is 0 Å². The van der Waals surface area contributed by atoms with Crippen LogP contribution in [0.1, 0.15) is 56.9 Å². The molecule has 1 unspecified atom stereocenters. The maximum atomic E-state index is 13.2. The van der Waals surface area contributed by atoms with Crippen LogP contribution in [-0.4, -0.2) is 40.5 Å². The molecule has 0 aliphatic heterocycles. The number of nitrogens with one attached hydrogen (secondary N) is 1. The molecular formula is C25H30ClCsN8O. The van der Waals surface area contributed by atoms with E-state index >= 15 is 0 Å². The number of hydrogen-bond acceptors (Lipinski definition) is 6. The summed E-state index contributed by atoms with van der Waals surface area (Å²) in [6, 6.07) is 1.64. The number of pyridine rings is 1. The minimum absolute atomic E-state index is 0.